The maximum atomic E-state index is 6.26. The highest BCUT2D eigenvalue weighted by molar-refractivity contribution is 5.99. The Labute approximate surface area is 362 Å². The zero-order valence-electron chi connectivity index (χ0n) is 33.9. The largest absolute Gasteiger partial charge is 0.443 e. The van der Waals surface area contributed by atoms with Crippen molar-refractivity contribution in [3.05, 3.63) is 219 Å². The minimum absolute atomic E-state index is 0.585. The Balaban J connectivity index is 1.18. The van der Waals surface area contributed by atoms with Gasteiger partial charge in [-0.3, -0.25) is 9.13 Å². The number of para-hydroxylation sites is 4. The third kappa shape index (κ3) is 6.13. The van der Waals surface area contributed by atoms with Crippen LogP contribution in [0.2, 0.25) is 0 Å². The number of benzene rings is 8. The van der Waals surface area contributed by atoms with Crippen molar-refractivity contribution in [2.75, 3.05) is 0 Å². The van der Waals surface area contributed by atoms with Crippen LogP contribution in [-0.4, -0.2) is 29.1 Å². The van der Waals surface area contributed by atoms with Gasteiger partial charge in [-0.05, 0) is 68.8 Å². The molecule has 0 atom stereocenters. The summed E-state index contributed by atoms with van der Waals surface area (Å²) in [4.78, 5) is 21.4. The van der Waals surface area contributed by atoms with Crippen molar-refractivity contribution in [3.63, 3.8) is 0 Å². The summed E-state index contributed by atoms with van der Waals surface area (Å²) in [6.45, 7) is 0. The molecule has 7 nitrogen and oxygen atoms in total. The normalized spacial score (nSPS) is 11.5. The Morgan fingerprint density at radius 2 is 0.762 bits per heavy atom. The van der Waals surface area contributed by atoms with Gasteiger partial charge in [0, 0.05) is 17.2 Å². The minimum Gasteiger partial charge on any atom is -0.443 e. The van der Waals surface area contributed by atoms with Gasteiger partial charge in [-0.25, -0.2) is 19.9 Å². The van der Waals surface area contributed by atoms with Crippen LogP contribution in [0, 0.1) is 0 Å². The van der Waals surface area contributed by atoms with Crippen molar-refractivity contribution in [2.45, 2.75) is 0 Å². The second-order valence-electron chi connectivity index (χ2n) is 15.4. The van der Waals surface area contributed by atoms with E-state index >= 15 is 0 Å². The zero-order chi connectivity index (χ0) is 41.7. The number of fused-ring (bicyclic) bond motifs is 3. The molecule has 12 aromatic rings. The van der Waals surface area contributed by atoms with Gasteiger partial charge < -0.3 is 4.42 Å². The Morgan fingerprint density at radius 3 is 1.22 bits per heavy atom. The van der Waals surface area contributed by atoms with E-state index in [1.54, 1.807) is 0 Å². The van der Waals surface area contributed by atoms with Crippen molar-refractivity contribution in [1.29, 1.82) is 0 Å². The summed E-state index contributed by atoms with van der Waals surface area (Å²) < 4.78 is 10.6. The average Bonchev–Trinajstić information content (AvgIpc) is 4.10. The van der Waals surface area contributed by atoms with Crippen LogP contribution in [0.4, 0.5) is 0 Å². The highest BCUT2D eigenvalue weighted by Crippen LogP contribution is 2.45. The highest BCUT2D eigenvalue weighted by atomic mass is 16.3. The van der Waals surface area contributed by atoms with Crippen molar-refractivity contribution >= 4 is 33.2 Å². The molecule has 0 aliphatic carbocycles. The number of rotatable bonds is 8. The molecule has 0 aliphatic rings. The summed E-state index contributed by atoms with van der Waals surface area (Å²) in [6, 6.07) is 73.4. The number of pyridine rings is 1. The van der Waals surface area contributed by atoms with E-state index in [9.17, 15) is 0 Å². The Hall–Kier alpha value is -8.68. The monoisotopic (exact) mass is 808 g/mol. The van der Waals surface area contributed by atoms with Gasteiger partial charge in [0.15, 0.2) is 23.3 Å². The van der Waals surface area contributed by atoms with E-state index in [2.05, 4.69) is 167 Å². The van der Waals surface area contributed by atoms with E-state index in [1.165, 1.54) is 6.39 Å². The second kappa shape index (κ2) is 15.1. The molecule has 0 saturated carbocycles. The highest BCUT2D eigenvalue weighted by Gasteiger charge is 2.27. The fraction of sp³-hybridized carbons (Fsp3) is 0. The molecule has 12 rings (SSSR count). The van der Waals surface area contributed by atoms with Gasteiger partial charge >= 0.3 is 0 Å². The number of aromatic nitrogens is 6. The molecule has 0 unspecified atom stereocenters. The summed E-state index contributed by atoms with van der Waals surface area (Å²) >= 11 is 0. The molecule has 0 bridgehead atoms. The van der Waals surface area contributed by atoms with Crippen LogP contribution >= 0.6 is 0 Å². The summed E-state index contributed by atoms with van der Waals surface area (Å²) in [5.74, 6) is 2.71. The van der Waals surface area contributed by atoms with E-state index in [-0.39, 0.29) is 0 Å². The SMILES string of the molecule is c1ccc(-c2cccc(-c3ccccc3)c2-c2nc3ccccc3n2-c2cc3ocnc3c(-n3c(-c4c(-c5ccccc5)cccc4-c4ccccc4)nc4ccccc43)n2)cc1. The lowest BCUT2D eigenvalue weighted by atomic mass is 9.91. The predicted octanol–water partition coefficient (Wildman–Crippen LogP) is 13.9. The van der Waals surface area contributed by atoms with Crippen LogP contribution in [0.1, 0.15) is 0 Å². The molecule has 0 amide bonds. The van der Waals surface area contributed by atoms with Crippen LogP contribution in [0.25, 0.3) is 112 Å². The maximum absolute atomic E-state index is 6.26. The molecular formula is C56H36N6O. The smallest absolute Gasteiger partial charge is 0.182 e. The molecule has 4 aromatic heterocycles. The van der Waals surface area contributed by atoms with Gasteiger partial charge in [-0.1, -0.05) is 182 Å². The Morgan fingerprint density at radius 1 is 0.365 bits per heavy atom. The fourth-order valence-corrected chi connectivity index (χ4v) is 8.96. The Kier molecular flexibility index (Phi) is 8.67. The number of nitrogens with zero attached hydrogens (tertiary/aromatic N) is 6. The van der Waals surface area contributed by atoms with Gasteiger partial charge in [0.25, 0.3) is 0 Å². The second-order valence-corrected chi connectivity index (χ2v) is 15.4. The minimum atomic E-state index is 0.585. The van der Waals surface area contributed by atoms with Gasteiger partial charge in [0.1, 0.15) is 17.5 Å². The Bertz CT molecular complexity index is 3500. The van der Waals surface area contributed by atoms with E-state index in [0.29, 0.717) is 22.7 Å². The van der Waals surface area contributed by atoms with Crippen LogP contribution in [-0.2, 0) is 0 Å². The molecule has 0 N–H and O–H groups in total. The van der Waals surface area contributed by atoms with Crippen LogP contribution in [0.5, 0.6) is 0 Å². The molecule has 0 spiro atoms. The maximum Gasteiger partial charge on any atom is 0.182 e. The quantitative estimate of drug-likeness (QED) is 0.153. The van der Waals surface area contributed by atoms with Crippen molar-refractivity contribution in [2.24, 2.45) is 0 Å². The first kappa shape index (κ1) is 36.2. The fourth-order valence-electron chi connectivity index (χ4n) is 8.96. The van der Waals surface area contributed by atoms with Crippen molar-refractivity contribution in [3.8, 4) is 78.9 Å². The third-order valence-electron chi connectivity index (χ3n) is 11.8. The summed E-state index contributed by atoms with van der Waals surface area (Å²) in [6.07, 6.45) is 1.50. The van der Waals surface area contributed by atoms with Gasteiger partial charge in [0.05, 0.1) is 22.1 Å². The third-order valence-corrected chi connectivity index (χ3v) is 11.8. The van der Waals surface area contributed by atoms with Crippen LogP contribution < -0.4 is 0 Å². The first-order chi connectivity index (χ1) is 31.3. The summed E-state index contributed by atoms with van der Waals surface area (Å²) in [5.41, 5.74) is 15.2. The summed E-state index contributed by atoms with van der Waals surface area (Å²) in [7, 11) is 0. The van der Waals surface area contributed by atoms with Gasteiger partial charge in [-0.15, -0.1) is 0 Å². The molecule has 0 aliphatic heterocycles. The number of imidazole rings is 2. The molecular weight excluding hydrogens is 773 g/mol. The van der Waals surface area contributed by atoms with Gasteiger partial charge in [0.2, 0.25) is 0 Å². The van der Waals surface area contributed by atoms with E-state index < -0.39 is 0 Å². The predicted molar refractivity (Wildman–Crippen MR) is 254 cm³/mol. The van der Waals surface area contributed by atoms with Gasteiger partial charge in [-0.2, -0.15) is 0 Å². The van der Waals surface area contributed by atoms with Crippen molar-refractivity contribution < 1.29 is 4.42 Å². The first-order valence-corrected chi connectivity index (χ1v) is 21.0. The van der Waals surface area contributed by atoms with E-state index in [4.69, 9.17) is 24.4 Å². The lowest BCUT2D eigenvalue weighted by Crippen LogP contribution is -2.08. The topological polar surface area (TPSA) is 74.6 Å². The number of oxazole rings is 1. The molecule has 0 saturated heterocycles. The number of hydrogen-bond acceptors (Lipinski definition) is 5. The molecule has 296 valence electrons. The average molecular weight is 809 g/mol. The van der Waals surface area contributed by atoms with E-state index in [1.807, 2.05) is 54.6 Å². The molecule has 0 fully saturated rings. The molecule has 4 heterocycles. The molecule has 8 aromatic carbocycles. The summed E-state index contributed by atoms with van der Waals surface area (Å²) in [5, 5.41) is 0. The lowest BCUT2D eigenvalue weighted by Gasteiger charge is -2.19. The van der Waals surface area contributed by atoms with Crippen molar-refractivity contribution in [1.82, 2.24) is 29.1 Å². The first-order valence-electron chi connectivity index (χ1n) is 21.0. The van der Waals surface area contributed by atoms with E-state index in [0.717, 1.165) is 89.4 Å². The zero-order valence-corrected chi connectivity index (χ0v) is 33.9. The number of hydrogen-bond donors (Lipinski definition) is 0. The molecule has 63 heavy (non-hydrogen) atoms. The molecule has 7 heteroatoms. The molecule has 0 radical (unpaired) electrons. The van der Waals surface area contributed by atoms with Crippen LogP contribution in [0.15, 0.2) is 223 Å². The standard InChI is InChI=1S/C56H36N6O/c1-5-19-37(20-6-1)41-27-17-28-42(38-21-7-2-8-22-38)51(41)54-58-45-31-13-15-33-47(45)61(54)50-35-49-53(57-36-63-49)56(60-50)62-48-34-16-14-32-46(48)59-55(62)52-43(39-23-9-3-10-24-39)29-18-30-44(52)40-25-11-4-12-26-40/h1-36H. The van der Waals surface area contributed by atoms with Crippen LogP contribution in [0.3, 0.4) is 0 Å². The lowest BCUT2D eigenvalue weighted by molar-refractivity contribution is 0.601.